The quantitative estimate of drug-likeness (QED) is 0.497. The second-order valence-electron chi connectivity index (χ2n) is 9.98. The molecule has 6 rings (SSSR count). The van der Waals surface area contributed by atoms with E-state index in [1.807, 2.05) is 24.0 Å². The molecule has 1 N–H and O–H groups in total. The molecule has 0 saturated carbocycles. The lowest BCUT2D eigenvalue weighted by molar-refractivity contribution is -0.118. The highest BCUT2D eigenvalue weighted by Crippen LogP contribution is 2.43. The summed E-state index contributed by atoms with van der Waals surface area (Å²) in [6.45, 7) is 5.04. The zero-order valence-corrected chi connectivity index (χ0v) is 21.2. The Morgan fingerprint density at radius 2 is 1.97 bits per heavy atom. The first-order valence-electron chi connectivity index (χ1n) is 12.1. The summed E-state index contributed by atoms with van der Waals surface area (Å²) in [6, 6.07) is 7.27. The van der Waals surface area contributed by atoms with Gasteiger partial charge < -0.3 is 19.6 Å². The number of aliphatic hydroxyl groups excluding tert-OH is 1. The minimum absolute atomic E-state index is 0. The molecule has 12 heteroatoms. The van der Waals surface area contributed by atoms with Crippen LogP contribution in [0.15, 0.2) is 36.8 Å². The monoisotopic (exact) mass is 525 g/mol. The maximum atomic E-state index is 12.9. The number of esters is 1. The zero-order chi connectivity index (χ0) is 24.9. The molecule has 37 heavy (non-hydrogen) atoms. The fourth-order valence-corrected chi connectivity index (χ4v) is 5.69. The third-order valence-electron chi connectivity index (χ3n) is 7.86. The van der Waals surface area contributed by atoms with Gasteiger partial charge in [-0.15, -0.1) is 17.5 Å². The number of rotatable bonds is 5. The van der Waals surface area contributed by atoms with Crippen LogP contribution in [0.25, 0.3) is 5.82 Å². The summed E-state index contributed by atoms with van der Waals surface area (Å²) in [5.41, 5.74) is 3.95. The number of cyclic esters (lactones) is 1. The van der Waals surface area contributed by atoms with Crippen LogP contribution in [0, 0.1) is 12.3 Å². The van der Waals surface area contributed by atoms with Crippen molar-refractivity contribution in [3.63, 3.8) is 0 Å². The van der Waals surface area contributed by atoms with E-state index >= 15 is 0 Å². The molecule has 1 aromatic carbocycles. The van der Waals surface area contributed by atoms with Crippen LogP contribution in [-0.2, 0) is 16.1 Å². The lowest BCUT2D eigenvalue weighted by atomic mass is 9.77. The Bertz CT molecular complexity index is 1310. The zero-order valence-electron chi connectivity index (χ0n) is 20.4. The number of nitrogens with zero attached hydrogens (tertiary/aromatic N) is 7. The van der Waals surface area contributed by atoms with Crippen molar-refractivity contribution in [1.82, 2.24) is 30.1 Å². The number of tetrazole rings is 1. The first-order valence-corrected chi connectivity index (χ1v) is 12.1. The summed E-state index contributed by atoms with van der Waals surface area (Å²) in [4.78, 5) is 33.2. The van der Waals surface area contributed by atoms with Crippen molar-refractivity contribution in [3.05, 3.63) is 59.0 Å². The highest BCUT2D eigenvalue weighted by molar-refractivity contribution is 5.96. The van der Waals surface area contributed by atoms with E-state index in [4.69, 9.17) is 4.74 Å². The Morgan fingerprint density at radius 1 is 1.16 bits per heavy atom. The molecule has 1 atom stereocenters. The number of aromatic nitrogens is 5. The van der Waals surface area contributed by atoms with Gasteiger partial charge in [-0.2, -0.15) is 4.68 Å². The van der Waals surface area contributed by atoms with Crippen LogP contribution in [0.1, 0.15) is 52.4 Å². The second-order valence-corrected chi connectivity index (χ2v) is 9.98. The van der Waals surface area contributed by atoms with Crippen LogP contribution in [-0.4, -0.2) is 73.3 Å². The molecular formula is C25H28ClN7O4. The Labute approximate surface area is 219 Å². The van der Waals surface area contributed by atoms with Gasteiger partial charge in [0.05, 0.1) is 23.6 Å². The summed E-state index contributed by atoms with van der Waals surface area (Å²) in [7, 11) is 0. The van der Waals surface area contributed by atoms with Crippen LogP contribution in [0.4, 0.5) is 5.69 Å². The predicted molar refractivity (Wildman–Crippen MR) is 135 cm³/mol. The van der Waals surface area contributed by atoms with E-state index in [0.717, 1.165) is 48.3 Å². The van der Waals surface area contributed by atoms with Gasteiger partial charge in [0, 0.05) is 25.1 Å². The highest BCUT2D eigenvalue weighted by atomic mass is 35.5. The normalized spacial score (nSPS) is 19.6. The summed E-state index contributed by atoms with van der Waals surface area (Å²) in [6.07, 6.45) is 4.83. The average molecular weight is 526 g/mol. The van der Waals surface area contributed by atoms with E-state index < -0.39 is 6.10 Å². The van der Waals surface area contributed by atoms with Crippen LogP contribution in [0.5, 0.6) is 0 Å². The Balaban J connectivity index is 0.00000280. The number of likely N-dealkylation sites (tertiary alicyclic amines) is 1. The third-order valence-corrected chi connectivity index (χ3v) is 7.86. The number of halogens is 1. The van der Waals surface area contributed by atoms with Crippen molar-refractivity contribution in [3.8, 4) is 5.82 Å². The molecule has 11 nitrogen and oxygen atoms in total. The molecule has 3 aliphatic rings. The minimum Gasteiger partial charge on any atom is -0.457 e. The van der Waals surface area contributed by atoms with Gasteiger partial charge in [-0.05, 0) is 78.0 Å². The molecule has 3 aromatic rings. The van der Waals surface area contributed by atoms with E-state index in [2.05, 4.69) is 25.4 Å². The van der Waals surface area contributed by atoms with E-state index in [0.29, 0.717) is 30.9 Å². The van der Waals surface area contributed by atoms with Crippen LogP contribution < -0.4 is 4.90 Å². The molecule has 1 amide bonds. The number of β-amino-alcohol motifs (C(OH)–C–C–N with tert-alkyl or cyclic N) is 1. The first-order chi connectivity index (χ1) is 17.4. The number of aliphatic hydroxyl groups is 1. The topological polar surface area (TPSA) is 127 Å². The average Bonchev–Trinajstić information content (AvgIpc) is 3.62. The second kappa shape index (κ2) is 9.81. The van der Waals surface area contributed by atoms with Gasteiger partial charge in [0.2, 0.25) is 5.91 Å². The predicted octanol–water partition coefficient (Wildman–Crippen LogP) is 2.01. The van der Waals surface area contributed by atoms with Crippen molar-refractivity contribution >= 4 is 30.0 Å². The largest absolute Gasteiger partial charge is 0.457 e. The summed E-state index contributed by atoms with van der Waals surface area (Å²) < 4.78 is 6.61. The number of benzene rings is 1. The standard InChI is InChI=1S/C25H27N7O4.ClH/c1-16-18(3-4-19-20(16)13-36-24(19)35)21(33)12-30-8-6-25(7-9-30)10-23(34)31(14-25)17-2-5-22(26-11-17)32-15-27-28-29-32;/h2-5,11,15,21,33H,6-10,12-14H2,1H3;1H/t21-;/m0./s1. The number of anilines is 1. The van der Waals surface area contributed by atoms with E-state index in [1.54, 1.807) is 18.3 Å². The number of hydrogen-bond donors (Lipinski definition) is 1. The van der Waals surface area contributed by atoms with E-state index in [9.17, 15) is 14.7 Å². The number of hydrogen-bond acceptors (Lipinski definition) is 9. The Kier molecular flexibility index (Phi) is 6.69. The molecule has 2 fully saturated rings. The summed E-state index contributed by atoms with van der Waals surface area (Å²) >= 11 is 0. The van der Waals surface area contributed by atoms with Crippen molar-refractivity contribution in [2.24, 2.45) is 5.41 Å². The maximum Gasteiger partial charge on any atom is 0.338 e. The van der Waals surface area contributed by atoms with Gasteiger partial charge in [0.1, 0.15) is 12.9 Å². The first kappa shape index (κ1) is 25.2. The lowest BCUT2D eigenvalue weighted by Crippen LogP contribution is -2.43. The number of ether oxygens (including phenoxy) is 1. The molecule has 0 unspecified atom stereocenters. The molecule has 3 aliphatic heterocycles. The van der Waals surface area contributed by atoms with Gasteiger partial charge >= 0.3 is 5.97 Å². The number of fused-ring (bicyclic) bond motifs is 1. The fraction of sp³-hybridized carbons (Fsp3) is 0.440. The minimum atomic E-state index is -0.647. The maximum absolute atomic E-state index is 12.9. The van der Waals surface area contributed by atoms with Gasteiger partial charge in [0.15, 0.2) is 5.82 Å². The van der Waals surface area contributed by atoms with Crippen LogP contribution in [0.2, 0.25) is 0 Å². The molecule has 0 bridgehead atoms. The molecule has 0 aliphatic carbocycles. The number of pyridine rings is 1. The lowest BCUT2D eigenvalue weighted by Gasteiger charge is -2.39. The number of carbonyl (C=O) groups is 2. The molecule has 2 saturated heterocycles. The Hall–Kier alpha value is -3.41. The number of piperidine rings is 1. The SMILES string of the molecule is Cc1c([C@@H](O)CN2CCC3(CC2)CC(=O)N(c2ccc(-n4cnnn4)nc2)C3)ccc2c1COC2=O.Cl. The van der Waals surface area contributed by atoms with Gasteiger partial charge in [0.25, 0.3) is 0 Å². The van der Waals surface area contributed by atoms with E-state index in [-0.39, 0.29) is 36.3 Å². The fourth-order valence-electron chi connectivity index (χ4n) is 5.69. The summed E-state index contributed by atoms with van der Waals surface area (Å²) in [5.74, 6) is 0.413. The molecule has 1 spiro atoms. The van der Waals surface area contributed by atoms with Crippen LogP contribution in [0.3, 0.4) is 0 Å². The van der Waals surface area contributed by atoms with Crippen LogP contribution >= 0.6 is 12.4 Å². The molecule has 2 aromatic heterocycles. The van der Waals surface area contributed by atoms with Crippen molar-refractivity contribution in [1.29, 1.82) is 0 Å². The smallest absolute Gasteiger partial charge is 0.338 e. The molecular weight excluding hydrogens is 498 g/mol. The number of carbonyl (C=O) groups excluding carboxylic acids is 2. The molecule has 194 valence electrons. The molecule has 0 radical (unpaired) electrons. The van der Waals surface area contributed by atoms with Crippen molar-refractivity contribution in [2.75, 3.05) is 31.1 Å². The van der Waals surface area contributed by atoms with Crippen molar-refractivity contribution in [2.45, 2.75) is 38.9 Å². The highest BCUT2D eigenvalue weighted by Gasteiger charge is 2.45. The summed E-state index contributed by atoms with van der Waals surface area (Å²) in [5, 5.41) is 22.1. The van der Waals surface area contributed by atoms with Gasteiger partial charge in [-0.25, -0.2) is 9.78 Å². The molecule has 5 heterocycles. The Morgan fingerprint density at radius 3 is 2.68 bits per heavy atom. The van der Waals surface area contributed by atoms with Gasteiger partial charge in [-0.1, -0.05) is 6.07 Å². The third kappa shape index (κ3) is 4.58. The van der Waals surface area contributed by atoms with Gasteiger partial charge in [-0.3, -0.25) is 4.79 Å². The van der Waals surface area contributed by atoms with Crippen molar-refractivity contribution < 1.29 is 19.4 Å². The number of amides is 1. The van der Waals surface area contributed by atoms with E-state index in [1.165, 1.54) is 11.0 Å².